The number of hydrogen-bond acceptors (Lipinski definition) is 3. The zero-order valence-corrected chi connectivity index (χ0v) is 6.54. The molecule has 11 heavy (non-hydrogen) atoms. The van der Waals surface area contributed by atoms with Gasteiger partial charge in [0.25, 0.3) is 0 Å². The summed E-state index contributed by atoms with van der Waals surface area (Å²) in [6.45, 7) is 3.50. The molecule has 0 aromatic rings. The molecule has 1 atom stereocenters. The Balaban J connectivity index is 3.26. The van der Waals surface area contributed by atoms with E-state index < -0.39 is 6.29 Å². The van der Waals surface area contributed by atoms with E-state index in [1.807, 2.05) is 0 Å². The summed E-state index contributed by atoms with van der Waals surface area (Å²) in [6.07, 6.45) is 0.533. The van der Waals surface area contributed by atoms with Crippen LogP contribution in [0.2, 0.25) is 0 Å². The Morgan fingerprint density at radius 2 is 2.55 bits per heavy atom. The molecule has 0 rings (SSSR count). The molecule has 0 aromatic carbocycles. The first-order chi connectivity index (χ1) is 5.20. The third kappa shape index (κ3) is 5.57. The largest absolute Gasteiger partial charge is 0.365 e. The summed E-state index contributed by atoms with van der Waals surface area (Å²) in [5, 5.41) is 11.2. The van der Waals surface area contributed by atoms with Gasteiger partial charge in [-0.2, -0.15) is 0 Å². The van der Waals surface area contributed by atoms with E-state index in [2.05, 4.69) is 11.9 Å². The van der Waals surface area contributed by atoms with Gasteiger partial charge < -0.3 is 15.2 Å². The predicted octanol–water partition coefficient (Wildman–Crippen LogP) is -0.357. The molecule has 0 fully saturated rings. The van der Waals surface area contributed by atoms with Crippen molar-refractivity contribution >= 4 is 5.91 Å². The Labute approximate surface area is 65.9 Å². The Morgan fingerprint density at radius 1 is 1.91 bits per heavy atom. The number of amides is 1. The molecule has 0 bridgehead atoms. The van der Waals surface area contributed by atoms with Crippen molar-refractivity contribution in [2.45, 2.75) is 12.7 Å². The molecule has 0 aliphatic rings. The van der Waals surface area contributed by atoms with Crippen molar-refractivity contribution in [2.75, 3.05) is 13.7 Å². The van der Waals surface area contributed by atoms with E-state index >= 15 is 0 Å². The fourth-order valence-electron chi connectivity index (χ4n) is 0.465. The molecule has 0 spiro atoms. The van der Waals surface area contributed by atoms with Gasteiger partial charge in [-0.15, -0.1) is 0 Å². The molecule has 0 aliphatic carbocycles. The predicted molar refractivity (Wildman–Crippen MR) is 40.8 cm³/mol. The Hall–Kier alpha value is -0.870. The summed E-state index contributed by atoms with van der Waals surface area (Å²) < 4.78 is 4.74. The van der Waals surface area contributed by atoms with Gasteiger partial charge in [0.2, 0.25) is 5.91 Å². The highest BCUT2D eigenvalue weighted by Crippen LogP contribution is 1.89. The molecule has 1 amide bonds. The molecule has 64 valence electrons. The van der Waals surface area contributed by atoms with E-state index in [1.54, 1.807) is 7.05 Å². The van der Waals surface area contributed by atoms with Crippen molar-refractivity contribution in [3.8, 4) is 0 Å². The number of ether oxygens (including phenoxy) is 1. The maximum atomic E-state index is 10.6. The Kier molecular flexibility index (Phi) is 5.42. The SMILES string of the molecule is C=CC(O)OCCC(=O)NC. The van der Waals surface area contributed by atoms with Crippen molar-refractivity contribution in [3.63, 3.8) is 0 Å². The van der Waals surface area contributed by atoms with Gasteiger partial charge >= 0.3 is 0 Å². The van der Waals surface area contributed by atoms with Crippen LogP contribution < -0.4 is 5.32 Å². The van der Waals surface area contributed by atoms with Crippen LogP contribution in [0.15, 0.2) is 12.7 Å². The van der Waals surface area contributed by atoms with Crippen LogP contribution in [0, 0.1) is 0 Å². The molecule has 4 nitrogen and oxygen atoms in total. The van der Waals surface area contributed by atoms with E-state index in [-0.39, 0.29) is 18.9 Å². The highest BCUT2D eigenvalue weighted by atomic mass is 16.6. The number of aliphatic hydroxyl groups excluding tert-OH is 1. The van der Waals surface area contributed by atoms with Crippen LogP contribution in [0.25, 0.3) is 0 Å². The molecule has 0 radical (unpaired) electrons. The Bertz CT molecular complexity index is 136. The number of hydrogen-bond donors (Lipinski definition) is 2. The fraction of sp³-hybridized carbons (Fsp3) is 0.571. The lowest BCUT2D eigenvalue weighted by molar-refractivity contribution is -0.124. The van der Waals surface area contributed by atoms with Crippen LogP contribution in [-0.2, 0) is 9.53 Å². The molecule has 2 N–H and O–H groups in total. The number of aliphatic hydroxyl groups is 1. The molecular weight excluding hydrogens is 146 g/mol. The second kappa shape index (κ2) is 5.88. The second-order valence-electron chi connectivity index (χ2n) is 1.92. The minimum atomic E-state index is -0.973. The monoisotopic (exact) mass is 159 g/mol. The van der Waals surface area contributed by atoms with Gasteiger partial charge in [0.1, 0.15) is 0 Å². The summed E-state index contributed by atoms with van der Waals surface area (Å²) in [7, 11) is 1.55. The van der Waals surface area contributed by atoms with E-state index in [1.165, 1.54) is 6.08 Å². The maximum absolute atomic E-state index is 10.6. The van der Waals surface area contributed by atoms with Crippen molar-refractivity contribution in [2.24, 2.45) is 0 Å². The highest BCUT2D eigenvalue weighted by Gasteiger charge is 2.00. The lowest BCUT2D eigenvalue weighted by atomic mass is 10.4. The topological polar surface area (TPSA) is 58.6 Å². The molecule has 0 heterocycles. The molecule has 0 saturated heterocycles. The Morgan fingerprint density at radius 3 is 3.00 bits per heavy atom. The minimum absolute atomic E-state index is 0.110. The van der Waals surface area contributed by atoms with Gasteiger partial charge in [0.05, 0.1) is 13.0 Å². The molecular formula is C7H13NO3. The molecule has 0 saturated carbocycles. The van der Waals surface area contributed by atoms with E-state index in [4.69, 9.17) is 9.84 Å². The van der Waals surface area contributed by atoms with Crippen LogP contribution in [0.3, 0.4) is 0 Å². The van der Waals surface area contributed by atoms with Crippen LogP contribution in [0.5, 0.6) is 0 Å². The van der Waals surface area contributed by atoms with E-state index in [0.29, 0.717) is 0 Å². The standard InChI is InChI=1S/C7H13NO3/c1-3-7(10)11-5-4-6(9)8-2/h3,7,10H,1,4-5H2,2H3,(H,8,9). The smallest absolute Gasteiger partial charge is 0.222 e. The second-order valence-corrected chi connectivity index (χ2v) is 1.92. The van der Waals surface area contributed by atoms with Gasteiger partial charge in [-0.3, -0.25) is 4.79 Å². The van der Waals surface area contributed by atoms with Crippen LogP contribution >= 0.6 is 0 Å². The first kappa shape index (κ1) is 10.1. The van der Waals surface area contributed by atoms with Crippen molar-refractivity contribution in [1.29, 1.82) is 0 Å². The normalized spacial score (nSPS) is 12.2. The lowest BCUT2D eigenvalue weighted by Crippen LogP contribution is -2.20. The van der Waals surface area contributed by atoms with E-state index in [9.17, 15) is 4.79 Å². The van der Waals surface area contributed by atoms with Crippen LogP contribution in [-0.4, -0.2) is 31.0 Å². The average Bonchev–Trinajstić information content (AvgIpc) is 2.04. The zero-order chi connectivity index (χ0) is 8.69. The van der Waals surface area contributed by atoms with Crippen LogP contribution in [0.1, 0.15) is 6.42 Å². The maximum Gasteiger partial charge on any atom is 0.222 e. The summed E-state index contributed by atoms with van der Waals surface area (Å²) in [5.74, 6) is -0.110. The van der Waals surface area contributed by atoms with E-state index in [0.717, 1.165) is 0 Å². The van der Waals surface area contributed by atoms with Gasteiger partial charge in [0, 0.05) is 7.05 Å². The highest BCUT2D eigenvalue weighted by molar-refractivity contribution is 5.75. The van der Waals surface area contributed by atoms with Gasteiger partial charge in [-0.05, 0) is 6.08 Å². The zero-order valence-electron chi connectivity index (χ0n) is 6.54. The average molecular weight is 159 g/mol. The number of carbonyl (C=O) groups is 1. The summed E-state index contributed by atoms with van der Waals surface area (Å²) >= 11 is 0. The van der Waals surface area contributed by atoms with Crippen LogP contribution in [0.4, 0.5) is 0 Å². The number of rotatable bonds is 5. The minimum Gasteiger partial charge on any atom is -0.365 e. The van der Waals surface area contributed by atoms with Gasteiger partial charge in [-0.25, -0.2) is 0 Å². The molecule has 0 aliphatic heterocycles. The van der Waals surface area contributed by atoms with Crippen molar-refractivity contribution < 1.29 is 14.6 Å². The lowest BCUT2D eigenvalue weighted by Gasteiger charge is -2.05. The summed E-state index contributed by atoms with van der Waals surface area (Å²) in [4.78, 5) is 10.6. The third-order valence-electron chi connectivity index (χ3n) is 1.10. The number of nitrogens with one attached hydrogen (secondary N) is 1. The summed E-state index contributed by atoms with van der Waals surface area (Å²) in [5.41, 5.74) is 0. The third-order valence-corrected chi connectivity index (χ3v) is 1.10. The van der Waals surface area contributed by atoms with Gasteiger partial charge in [0.15, 0.2) is 6.29 Å². The van der Waals surface area contributed by atoms with Crippen molar-refractivity contribution in [3.05, 3.63) is 12.7 Å². The van der Waals surface area contributed by atoms with Crippen molar-refractivity contribution in [1.82, 2.24) is 5.32 Å². The quantitative estimate of drug-likeness (QED) is 0.425. The fourth-order valence-corrected chi connectivity index (χ4v) is 0.465. The van der Waals surface area contributed by atoms with Gasteiger partial charge in [-0.1, -0.05) is 6.58 Å². The molecule has 0 aromatic heterocycles. The molecule has 4 heteroatoms. The number of carbonyl (C=O) groups excluding carboxylic acids is 1. The summed E-state index contributed by atoms with van der Waals surface area (Å²) in [6, 6.07) is 0. The first-order valence-corrected chi connectivity index (χ1v) is 3.33. The first-order valence-electron chi connectivity index (χ1n) is 3.33. The molecule has 1 unspecified atom stereocenters.